The van der Waals surface area contributed by atoms with Crippen molar-refractivity contribution in [3.63, 3.8) is 0 Å². The molecule has 4 saturated heterocycles. The fourth-order valence-corrected chi connectivity index (χ4v) is 13.8. The number of hydrogen-bond donors (Lipinski definition) is 1. The molecule has 4 aliphatic carbocycles. The van der Waals surface area contributed by atoms with Gasteiger partial charge in [-0.2, -0.15) is 5.26 Å². The number of nitrogens with zero attached hydrogens (tertiary/aromatic N) is 4. The zero-order valence-electron chi connectivity index (χ0n) is 31.5. The lowest BCUT2D eigenvalue weighted by Crippen LogP contribution is -2.56. The van der Waals surface area contributed by atoms with Gasteiger partial charge in [-0.25, -0.2) is 0 Å². The number of hydrogen-bond acceptors (Lipinski definition) is 7. The predicted octanol–water partition coefficient (Wildman–Crippen LogP) is 5.44. The summed E-state index contributed by atoms with van der Waals surface area (Å²) in [4.78, 5) is 33.1. The number of carbonyl (C=O) groups is 2. The quantitative estimate of drug-likeness (QED) is 0.303. The number of piperazine rings is 1. The highest BCUT2D eigenvalue weighted by Gasteiger charge is 2.69. The van der Waals surface area contributed by atoms with Crippen LogP contribution in [0.25, 0.3) is 0 Å². The Morgan fingerprint density at radius 2 is 1.62 bits per heavy atom. The molecule has 2 amide bonds. The first-order chi connectivity index (χ1) is 24.0. The summed E-state index contributed by atoms with van der Waals surface area (Å²) in [5.74, 6) is 4.27. The molecule has 4 saturated carbocycles. The van der Waals surface area contributed by atoms with Gasteiger partial charge in [-0.3, -0.25) is 19.4 Å². The largest absolute Gasteiger partial charge is 0.353 e. The van der Waals surface area contributed by atoms with Crippen LogP contribution in [0, 0.1) is 63.6 Å². The molecule has 1 spiro atoms. The van der Waals surface area contributed by atoms with Crippen LogP contribution in [0.1, 0.15) is 111 Å². The van der Waals surface area contributed by atoms with Crippen molar-refractivity contribution in [2.24, 2.45) is 52.3 Å². The molecular weight excluding hydrogens is 626 g/mol. The van der Waals surface area contributed by atoms with E-state index in [1.165, 1.54) is 44.9 Å². The predicted molar refractivity (Wildman–Crippen MR) is 191 cm³/mol. The molecule has 0 radical (unpaired) electrons. The second-order valence-corrected chi connectivity index (χ2v) is 19.0. The Morgan fingerprint density at radius 3 is 2.34 bits per heavy atom. The Morgan fingerprint density at radius 1 is 0.860 bits per heavy atom. The summed E-state index contributed by atoms with van der Waals surface area (Å²) in [5, 5.41) is 12.3. The van der Waals surface area contributed by atoms with Crippen LogP contribution >= 0.6 is 0 Å². The third-order valence-electron chi connectivity index (χ3n) is 16.6. The molecule has 50 heavy (non-hydrogen) atoms. The van der Waals surface area contributed by atoms with Crippen molar-refractivity contribution in [2.45, 2.75) is 135 Å². The Hall–Kier alpha value is -1.73. The van der Waals surface area contributed by atoms with E-state index >= 15 is 0 Å². The van der Waals surface area contributed by atoms with E-state index in [2.05, 4.69) is 48.9 Å². The maximum absolute atomic E-state index is 13.2. The number of nitriles is 1. The molecule has 2 unspecified atom stereocenters. The van der Waals surface area contributed by atoms with E-state index in [0.29, 0.717) is 53.2 Å². The average Bonchev–Trinajstić information content (AvgIpc) is 3.56. The Balaban J connectivity index is 0.813. The van der Waals surface area contributed by atoms with E-state index in [1.807, 2.05) is 4.90 Å². The van der Waals surface area contributed by atoms with Crippen molar-refractivity contribution in [3.05, 3.63) is 0 Å². The molecule has 9 heteroatoms. The minimum Gasteiger partial charge on any atom is -0.353 e. The zero-order chi connectivity index (χ0) is 34.8. The minimum absolute atomic E-state index is 0.0126. The van der Waals surface area contributed by atoms with E-state index in [-0.39, 0.29) is 30.1 Å². The first-order valence-corrected chi connectivity index (χ1v) is 20.8. The van der Waals surface area contributed by atoms with Gasteiger partial charge in [0.05, 0.1) is 25.3 Å². The van der Waals surface area contributed by atoms with Crippen molar-refractivity contribution in [1.29, 1.82) is 5.26 Å². The molecule has 8 rings (SSSR count). The highest BCUT2D eigenvalue weighted by atomic mass is 16.7. The molecule has 8 fully saturated rings. The average molecular weight is 692 g/mol. The van der Waals surface area contributed by atoms with Gasteiger partial charge in [0.25, 0.3) is 0 Å². The summed E-state index contributed by atoms with van der Waals surface area (Å²) >= 11 is 0. The van der Waals surface area contributed by atoms with Gasteiger partial charge in [0.2, 0.25) is 11.8 Å². The summed E-state index contributed by atoms with van der Waals surface area (Å²) in [7, 11) is 0. The van der Waals surface area contributed by atoms with E-state index in [4.69, 9.17) is 14.7 Å². The molecule has 4 heterocycles. The van der Waals surface area contributed by atoms with Crippen LogP contribution in [0.2, 0.25) is 0 Å². The van der Waals surface area contributed by atoms with Crippen LogP contribution in [0.3, 0.4) is 0 Å². The van der Waals surface area contributed by atoms with Gasteiger partial charge in [0.15, 0.2) is 5.79 Å². The maximum Gasteiger partial charge on any atom is 0.232 e. The third-order valence-corrected chi connectivity index (χ3v) is 16.6. The number of likely N-dealkylation sites (tertiary alicyclic amines) is 1. The lowest BCUT2D eigenvalue weighted by atomic mass is 9.44. The SMILES string of the molecule is C[C@H]1CC[C@@]2(OC1)O[C@H]1C[C@H]3[C@@H]4CC[C@@H]5CC(NC(=O)CC(=O)N6CCC(N7CCN(CC#N)CC7)CC6)CC[C@]5(C)C4CC[C@]3(C)[C@H]1[C@@H]2C. The van der Waals surface area contributed by atoms with Crippen LogP contribution in [-0.2, 0) is 19.1 Å². The van der Waals surface area contributed by atoms with Crippen LogP contribution in [-0.4, -0.2) is 103 Å². The smallest absolute Gasteiger partial charge is 0.232 e. The third kappa shape index (κ3) is 6.04. The Labute approximate surface area is 301 Å². The van der Waals surface area contributed by atoms with Crippen molar-refractivity contribution >= 4 is 11.8 Å². The molecular formula is C41H65N5O4. The summed E-state index contributed by atoms with van der Waals surface area (Å²) < 4.78 is 13.5. The lowest BCUT2D eigenvalue weighted by molar-refractivity contribution is -0.273. The van der Waals surface area contributed by atoms with Crippen molar-refractivity contribution in [2.75, 3.05) is 52.4 Å². The van der Waals surface area contributed by atoms with E-state index in [9.17, 15) is 9.59 Å². The zero-order valence-corrected chi connectivity index (χ0v) is 31.5. The van der Waals surface area contributed by atoms with Gasteiger partial charge in [-0.1, -0.05) is 27.7 Å². The highest BCUT2D eigenvalue weighted by molar-refractivity contribution is 5.97. The molecule has 12 atom stereocenters. The fraction of sp³-hybridized carbons (Fsp3) is 0.927. The number of ether oxygens (including phenoxy) is 2. The van der Waals surface area contributed by atoms with E-state index in [0.717, 1.165) is 95.7 Å². The van der Waals surface area contributed by atoms with E-state index < -0.39 is 0 Å². The van der Waals surface area contributed by atoms with Crippen LogP contribution < -0.4 is 5.32 Å². The molecule has 278 valence electrons. The molecule has 0 aromatic carbocycles. The molecule has 1 N–H and O–H groups in total. The number of carbonyl (C=O) groups excluding carboxylic acids is 2. The maximum atomic E-state index is 13.2. The fourth-order valence-electron chi connectivity index (χ4n) is 13.8. The molecule has 9 nitrogen and oxygen atoms in total. The van der Waals surface area contributed by atoms with Gasteiger partial charge >= 0.3 is 0 Å². The molecule has 4 aliphatic heterocycles. The summed E-state index contributed by atoms with van der Waals surface area (Å²) in [6, 6.07) is 2.95. The highest BCUT2D eigenvalue weighted by Crippen LogP contribution is 2.71. The second-order valence-electron chi connectivity index (χ2n) is 19.0. The topological polar surface area (TPSA) is 98.1 Å². The first kappa shape index (κ1) is 35.3. The Bertz CT molecular complexity index is 1310. The van der Waals surface area contributed by atoms with Gasteiger partial charge < -0.3 is 19.7 Å². The lowest BCUT2D eigenvalue weighted by Gasteiger charge is -2.61. The monoisotopic (exact) mass is 692 g/mol. The minimum atomic E-state index is -0.336. The van der Waals surface area contributed by atoms with Crippen LogP contribution in [0.5, 0.6) is 0 Å². The van der Waals surface area contributed by atoms with Crippen molar-refractivity contribution < 1.29 is 19.1 Å². The Kier molecular flexibility index (Phi) is 9.60. The number of rotatable bonds is 5. The summed E-state index contributed by atoms with van der Waals surface area (Å²) in [5.41, 5.74) is 0.702. The molecule has 8 aliphatic rings. The van der Waals surface area contributed by atoms with Crippen LogP contribution in [0.15, 0.2) is 0 Å². The first-order valence-electron chi connectivity index (χ1n) is 20.8. The van der Waals surface area contributed by atoms with Gasteiger partial charge in [-0.05, 0) is 117 Å². The number of piperidine rings is 1. The molecule has 0 aromatic rings. The van der Waals surface area contributed by atoms with Crippen LogP contribution in [0.4, 0.5) is 0 Å². The number of nitrogens with one attached hydrogen (secondary N) is 1. The standard InChI is InChI=1S/C41H65N5O4/c1-27-7-14-41(49-26-27)28(2)38-35(50-41)24-34-32-6-5-29-23-30(8-12-39(29,3)33(32)9-13-40(34,38)4)43-36(47)25-37(48)46-16-10-31(11-17-46)45-21-19-44(18-15-42)20-22-45/h27-35,38H,5-14,16-26H2,1-4H3,(H,43,47)/t27-,28-,29+,30?,32+,33?,34-,35-,38-,39-,40-,41+/m0/s1. The van der Waals surface area contributed by atoms with Gasteiger partial charge in [0, 0.05) is 63.7 Å². The summed E-state index contributed by atoms with van der Waals surface area (Å²) in [6.45, 7) is 16.7. The second kappa shape index (κ2) is 13.6. The van der Waals surface area contributed by atoms with Crippen molar-refractivity contribution in [3.8, 4) is 6.07 Å². The summed E-state index contributed by atoms with van der Waals surface area (Å²) in [6.07, 6.45) is 14.3. The number of amides is 2. The van der Waals surface area contributed by atoms with Crippen molar-refractivity contribution in [1.82, 2.24) is 20.0 Å². The molecule has 0 bridgehead atoms. The van der Waals surface area contributed by atoms with E-state index in [1.54, 1.807) is 0 Å². The van der Waals surface area contributed by atoms with Gasteiger partial charge in [0.1, 0.15) is 6.42 Å². The van der Waals surface area contributed by atoms with Gasteiger partial charge in [-0.15, -0.1) is 0 Å². The normalized spacial score (nSPS) is 46.8. The molecule has 0 aromatic heterocycles. The number of fused-ring (bicyclic) bond motifs is 7.